The molecule has 2 rings (SSSR count). The van der Waals surface area contributed by atoms with Crippen LogP contribution in [0.5, 0.6) is 0 Å². The van der Waals surface area contributed by atoms with Gasteiger partial charge in [-0.25, -0.2) is 9.97 Å². The van der Waals surface area contributed by atoms with Crippen LogP contribution in [0.2, 0.25) is 0 Å². The number of aromatic nitrogens is 2. The fourth-order valence-electron chi connectivity index (χ4n) is 2.55. The minimum Gasteiger partial charge on any atom is -0.314 e. The minimum absolute atomic E-state index is 0.628. The van der Waals surface area contributed by atoms with Crippen LogP contribution in [0.15, 0.2) is 18.6 Å². The van der Waals surface area contributed by atoms with Crippen molar-refractivity contribution in [1.29, 1.82) is 0 Å². The van der Waals surface area contributed by atoms with E-state index >= 15 is 0 Å². The number of hydrogen-bond donors (Lipinski definition) is 1. The van der Waals surface area contributed by atoms with E-state index in [9.17, 15) is 0 Å². The van der Waals surface area contributed by atoms with Crippen molar-refractivity contribution in [2.75, 3.05) is 13.1 Å². The summed E-state index contributed by atoms with van der Waals surface area (Å²) in [5.74, 6) is 0. The molecule has 2 atom stereocenters. The van der Waals surface area contributed by atoms with E-state index in [2.05, 4.69) is 34.0 Å². The fourth-order valence-corrected chi connectivity index (χ4v) is 2.55. The molecule has 0 amide bonds. The first-order valence-corrected chi connectivity index (χ1v) is 6.52. The van der Waals surface area contributed by atoms with Gasteiger partial charge in [-0.05, 0) is 32.4 Å². The second kappa shape index (κ2) is 6.07. The van der Waals surface area contributed by atoms with Crippen molar-refractivity contribution in [1.82, 2.24) is 20.2 Å². The Morgan fingerprint density at radius 3 is 3.06 bits per heavy atom. The maximum Gasteiger partial charge on any atom is 0.115 e. The second-order valence-electron chi connectivity index (χ2n) is 4.80. The van der Waals surface area contributed by atoms with Gasteiger partial charge in [0.25, 0.3) is 0 Å². The van der Waals surface area contributed by atoms with Crippen molar-refractivity contribution < 1.29 is 0 Å². The zero-order valence-electron chi connectivity index (χ0n) is 10.8. The molecule has 0 aliphatic carbocycles. The number of nitrogens with one attached hydrogen (secondary N) is 1. The largest absolute Gasteiger partial charge is 0.314 e. The lowest BCUT2D eigenvalue weighted by Gasteiger charge is -2.37. The zero-order valence-corrected chi connectivity index (χ0v) is 10.8. The molecular formula is C13H22N4. The molecule has 1 saturated heterocycles. The lowest BCUT2D eigenvalue weighted by Crippen LogP contribution is -2.47. The zero-order chi connectivity index (χ0) is 12.1. The van der Waals surface area contributed by atoms with Gasteiger partial charge in [0, 0.05) is 31.4 Å². The monoisotopic (exact) mass is 234 g/mol. The van der Waals surface area contributed by atoms with E-state index in [4.69, 9.17) is 0 Å². The molecule has 94 valence electrons. The predicted molar refractivity (Wildman–Crippen MR) is 68.6 cm³/mol. The molecule has 0 bridgehead atoms. The van der Waals surface area contributed by atoms with E-state index in [1.807, 2.05) is 12.3 Å². The van der Waals surface area contributed by atoms with Crippen LogP contribution in [0, 0.1) is 0 Å². The van der Waals surface area contributed by atoms with Gasteiger partial charge in [-0.2, -0.15) is 0 Å². The number of likely N-dealkylation sites (tertiary alicyclic amines) is 1. The molecule has 0 aromatic carbocycles. The molecule has 1 fully saturated rings. The maximum atomic E-state index is 4.29. The Morgan fingerprint density at radius 1 is 1.53 bits per heavy atom. The van der Waals surface area contributed by atoms with Crippen LogP contribution in [0.4, 0.5) is 0 Å². The molecule has 0 spiro atoms. The van der Waals surface area contributed by atoms with Gasteiger partial charge < -0.3 is 5.32 Å². The van der Waals surface area contributed by atoms with Crippen molar-refractivity contribution in [3.8, 4) is 0 Å². The second-order valence-corrected chi connectivity index (χ2v) is 4.80. The van der Waals surface area contributed by atoms with Crippen molar-refractivity contribution >= 4 is 0 Å². The summed E-state index contributed by atoms with van der Waals surface area (Å²) < 4.78 is 0. The molecule has 2 heterocycles. The Hall–Kier alpha value is -1.00. The van der Waals surface area contributed by atoms with Crippen molar-refractivity contribution in [3.63, 3.8) is 0 Å². The van der Waals surface area contributed by atoms with Gasteiger partial charge in [-0.3, -0.25) is 4.90 Å². The Morgan fingerprint density at radius 2 is 2.41 bits per heavy atom. The molecule has 1 aromatic rings. The first-order chi connectivity index (χ1) is 8.29. The summed E-state index contributed by atoms with van der Waals surface area (Å²) >= 11 is 0. The van der Waals surface area contributed by atoms with Crippen molar-refractivity contribution in [3.05, 3.63) is 24.3 Å². The molecule has 0 saturated carbocycles. The number of rotatable bonds is 4. The molecule has 2 unspecified atom stereocenters. The van der Waals surface area contributed by atoms with Crippen LogP contribution in [-0.4, -0.2) is 40.0 Å². The minimum atomic E-state index is 0.628. The molecule has 1 aliphatic heterocycles. The van der Waals surface area contributed by atoms with E-state index in [0.29, 0.717) is 12.1 Å². The number of nitrogens with zero attached hydrogens (tertiary/aromatic N) is 3. The van der Waals surface area contributed by atoms with Gasteiger partial charge in [-0.15, -0.1) is 0 Å². The summed E-state index contributed by atoms with van der Waals surface area (Å²) in [6.45, 7) is 7.66. The normalized spacial score (nSPS) is 26.0. The Kier molecular flexibility index (Phi) is 4.45. The van der Waals surface area contributed by atoms with Gasteiger partial charge in [-0.1, -0.05) is 6.92 Å². The van der Waals surface area contributed by atoms with E-state index in [1.54, 1.807) is 6.33 Å². The van der Waals surface area contributed by atoms with Crippen molar-refractivity contribution in [2.24, 2.45) is 0 Å². The van der Waals surface area contributed by atoms with Crippen LogP contribution in [0.25, 0.3) is 0 Å². The first kappa shape index (κ1) is 12.5. The standard InChI is InChI=1S/C13H22N4/c1-3-15-12-5-7-17(11(2)8-12)9-13-4-6-14-10-16-13/h4,6,10-12,15H,3,5,7-9H2,1-2H3. The summed E-state index contributed by atoms with van der Waals surface area (Å²) in [5.41, 5.74) is 1.12. The van der Waals surface area contributed by atoms with E-state index in [-0.39, 0.29) is 0 Å². The molecular weight excluding hydrogens is 212 g/mol. The summed E-state index contributed by atoms with van der Waals surface area (Å²) in [6, 6.07) is 3.32. The summed E-state index contributed by atoms with van der Waals surface area (Å²) in [6.07, 6.45) is 5.92. The van der Waals surface area contributed by atoms with Crippen LogP contribution >= 0.6 is 0 Å². The average molecular weight is 234 g/mol. The van der Waals surface area contributed by atoms with Gasteiger partial charge in [0.2, 0.25) is 0 Å². The third-order valence-corrected chi connectivity index (χ3v) is 3.51. The number of hydrogen-bond acceptors (Lipinski definition) is 4. The van der Waals surface area contributed by atoms with Gasteiger partial charge in [0.15, 0.2) is 0 Å². The molecule has 4 heteroatoms. The van der Waals surface area contributed by atoms with Crippen LogP contribution in [0.1, 0.15) is 32.4 Å². The van der Waals surface area contributed by atoms with E-state index < -0.39 is 0 Å². The Bertz CT molecular complexity index is 327. The van der Waals surface area contributed by atoms with Crippen LogP contribution in [0.3, 0.4) is 0 Å². The SMILES string of the molecule is CCNC1CCN(Cc2ccncn2)C(C)C1. The quantitative estimate of drug-likeness (QED) is 0.856. The van der Waals surface area contributed by atoms with E-state index in [0.717, 1.165) is 25.3 Å². The molecule has 17 heavy (non-hydrogen) atoms. The molecule has 1 N–H and O–H groups in total. The van der Waals surface area contributed by atoms with E-state index in [1.165, 1.54) is 12.8 Å². The first-order valence-electron chi connectivity index (χ1n) is 6.52. The highest BCUT2D eigenvalue weighted by Gasteiger charge is 2.24. The predicted octanol–water partition coefficient (Wildman–Crippen LogP) is 1.44. The summed E-state index contributed by atoms with van der Waals surface area (Å²) in [4.78, 5) is 10.8. The third kappa shape index (κ3) is 3.48. The number of piperidine rings is 1. The average Bonchev–Trinajstić information content (AvgIpc) is 2.34. The highest BCUT2D eigenvalue weighted by Crippen LogP contribution is 2.18. The van der Waals surface area contributed by atoms with Gasteiger partial charge in [0.1, 0.15) is 6.33 Å². The molecule has 0 radical (unpaired) electrons. The fraction of sp³-hybridized carbons (Fsp3) is 0.692. The third-order valence-electron chi connectivity index (χ3n) is 3.51. The Labute approximate surface area is 103 Å². The van der Waals surface area contributed by atoms with Crippen molar-refractivity contribution in [2.45, 2.75) is 45.3 Å². The molecule has 4 nitrogen and oxygen atoms in total. The van der Waals surface area contributed by atoms with Gasteiger partial charge >= 0.3 is 0 Å². The van der Waals surface area contributed by atoms with Crippen LogP contribution < -0.4 is 5.32 Å². The summed E-state index contributed by atoms with van der Waals surface area (Å²) in [5, 5.41) is 3.55. The summed E-state index contributed by atoms with van der Waals surface area (Å²) in [7, 11) is 0. The molecule has 1 aromatic heterocycles. The highest BCUT2D eigenvalue weighted by atomic mass is 15.2. The van der Waals surface area contributed by atoms with Crippen LogP contribution in [-0.2, 0) is 6.54 Å². The Balaban J connectivity index is 1.87. The highest BCUT2D eigenvalue weighted by molar-refractivity contribution is 4.98. The lowest BCUT2D eigenvalue weighted by molar-refractivity contribution is 0.128. The topological polar surface area (TPSA) is 41.0 Å². The lowest BCUT2D eigenvalue weighted by atomic mass is 9.98. The van der Waals surface area contributed by atoms with Gasteiger partial charge in [0.05, 0.1) is 5.69 Å². The smallest absolute Gasteiger partial charge is 0.115 e. The molecule has 1 aliphatic rings. The maximum absolute atomic E-state index is 4.29.